The van der Waals surface area contributed by atoms with Crippen molar-refractivity contribution in [2.45, 2.75) is 19.6 Å². The van der Waals surface area contributed by atoms with Crippen molar-refractivity contribution >= 4 is 0 Å². The van der Waals surface area contributed by atoms with Crippen molar-refractivity contribution in [2.24, 2.45) is 0 Å². The minimum absolute atomic E-state index is 0.195. The third kappa shape index (κ3) is 3.51. The maximum Gasteiger partial charge on any atom is 0.138 e. The first-order chi connectivity index (χ1) is 9.20. The molecule has 1 heterocycles. The standard InChI is InChI=1S/C15H17FN2O/c1-11(17-2)15-8-7-13(9-18-15)19-10-12-5-3-4-6-14(12)16/h3-9,11,17H,10H2,1-2H3. The van der Waals surface area contributed by atoms with Gasteiger partial charge in [-0.1, -0.05) is 18.2 Å². The quantitative estimate of drug-likeness (QED) is 0.897. The van der Waals surface area contributed by atoms with Crippen molar-refractivity contribution < 1.29 is 9.13 Å². The molecule has 1 aromatic carbocycles. The zero-order valence-electron chi connectivity index (χ0n) is 11.1. The summed E-state index contributed by atoms with van der Waals surface area (Å²) in [6.07, 6.45) is 1.66. The molecule has 0 saturated heterocycles. The fourth-order valence-electron chi connectivity index (χ4n) is 1.66. The molecule has 1 aromatic heterocycles. The van der Waals surface area contributed by atoms with Crippen molar-refractivity contribution in [1.82, 2.24) is 10.3 Å². The Labute approximate surface area is 112 Å². The minimum Gasteiger partial charge on any atom is -0.487 e. The van der Waals surface area contributed by atoms with E-state index in [0.29, 0.717) is 11.3 Å². The molecule has 19 heavy (non-hydrogen) atoms. The number of hydrogen-bond acceptors (Lipinski definition) is 3. The van der Waals surface area contributed by atoms with Crippen LogP contribution in [0.25, 0.3) is 0 Å². The lowest BCUT2D eigenvalue weighted by atomic mass is 10.2. The molecule has 0 fully saturated rings. The molecule has 2 rings (SSSR count). The van der Waals surface area contributed by atoms with E-state index in [1.54, 1.807) is 24.4 Å². The average molecular weight is 260 g/mol. The second-order valence-corrected chi connectivity index (χ2v) is 4.31. The molecule has 0 aliphatic heterocycles. The van der Waals surface area contributed by atoms with Gasteiger partial charge in [0.05, 0.1) is 11.9 Å². The van der Waals surface area contributed by atoms with E-state index in [0.717, 1.165) is 5.69 Å². The molecule has 0 radical (unpaired) electrons. The van der Waals surface area contributed by atoms with Gasteiger partial charge in [0.25, 0.3) is 0 Å². The van der Waals surface area contributed by atoms with E-state index in [1.807, 2.05) is 26.1 Å². The Bertz CT molecular complexity index is 528. The zero-order chi connectivity index (χ0) is 13.7. The number of aromatic nitrogens is 1. The first-order valence-corrected chi connectivity index (χ1v) is 6.20. The largest absolute Gasteiger partial charge is 0.487 e. The van der Waals surface area contributed by atoms with Crippen LogP contribution in [0, 0.1) is 5.82 Å². The first-order valence-electron chi connectivity index (χ1n) is 6.20. The summed E-state index contributed by atoms with van der Waals surface area (Å²) in [7, 11) is 1.88. The summed E-state index contributed by atoms with van der Waals surface area (Å²) in [4.78, 5) is 4.30. The Morgan fingerprint density at radius 2 is 2.05 bits per heavy atom. The number of nitrogens with zero attached hydrogens (tertiary/aromatic N) is 1. The van der Waals surface area contributed by atoms with Crippen LogP contribution in [-0.2, 0) is 6.61 Å². The lowest BCUT2D eigenvalue weighted by Gasteiger charge is -2.11. The van der Waals surface area contributed by atoms with E-state index in [2.05, 4.69) is 10.3 Å². The predicted octanol–water partition coefficient (Wildman–Crippen LogP) is 3.08. The van der Waals surface area contributed by atoms with Gasteiger partial charge in [0.15, 0.2) is 0 Å². The minimum atomic E-state index is -0.254. The lowest BCUT2D eigenvalue weighted by Crippen LogP contribution is -2.13. The second kappa shape index (κ2) is 6.29. The highest BCUT2D eigenvalue weighted by Gasteiger charge is 2.05. The van der Waals surface area contributed by atoms with Gasteiger partial charge >= 0.3 is 0 Å². The van der Waals surface area contributed by atoms with Crippen LogP contribution in [-0.4, -0.2) is 12.0 Å². The molecule has 4 heteroatoms. The Hall–Kier alpha value is -1.94. The predicted molar refractivity (Wildman–Crippen MR) is 72.4 cm³/mol. The van der Waals surface area contributed by atoms with E-state index >= 15 is 0 Å². The third-order valence-corrected chi connectivity index (χ3v) is 2.99. The van der Waals surface area contributed by atoms with Crippen LogP contribution in [0.2, 0.25) is 0 Å². The van der Waals surface area contributed by atoms with E-state index in [9.17, 15) is 4.39 Å². The molecule has 0 aliphatic rings. The molecule has 0 amide bonds. The molecule has 100 valence electrons. The van der Waals surface area contributed by atoms with Crippen LogP contribution in [0.5, 0.6) is 5.75 Å². The number of rotatable bonds is 5. The Kier molecular flexibility index (Phi) is 4.47. The second-order valence-electron chi connectivity index (χ2n) is 4.31. The number of hydrogen-bond donors (Lipinski definition) is 1. The highest BCUT2D eigenvalue weighted by atomic mass is 19.1. The van der Waals surface area contributed by atoms with Crippen molar-refractivity contribution in [2.75, 3.05) is 7.05 Å². The maximum atomic E-state index is 13.4. The Morgan fingerprint density at radius 3 is 2.68 bits per heavy atom. The summed E-state index contributed by atoms with van der Waals surface area (Å²) in [6.45, 7) is 2.23. The molecule has 2 aromatic rings. The van der Waals surface area contributed by atoms with Gasteiger partial charge in [-0.2, -0.15) is 0 Å². The number of halogens is 1. The van der Waals surface area contributed by atoms with Crippen molar-refractivity contribution in [3.63, 3.8) is 0 Å². The molecular weight excluding hydrogens is 243 g/mol. The van der Waals surface area contributed by atoms with E-state index < -0.39 is 0 Å². The zero-order valence-corrected chi connectivity index (χ0v) is 11.1. The molecule has 1 N–H and O–H groups in total. The number of nitrogens with one attached hydrogen (secondary N) is 1. The van der Waals surface area contributed by atoms with Crippen molar-refractivity contribution in [1.29, 1.82) is 0 Å². The van der Waals surface area contributed by atoms with Crippen molar-refractivity contribution in [3.8, 4) is 5.75 Å². The summed E-state index contributed by atoms with van der Waals surface area (Å²) < 4.78 is 18.9. The monoisotopic (exact) mass is 260 g/mol. The molecule has 0 spiro atoms. The van der Waals surface area contributed by atoms with Crippen LogP contribution in [0.3, 0.4) is 0 Å². The van der Waals surface area contributed by atoms with Gasteiger partial charge < -0.3 is 10.1 Å². The summed E-state index contributed by atoms with van der Waals surface area (Å²) >= 11 is 0. The highest BCUT2D eigenvalue weighted by molar-refractivity contribution is 5.23. The fraction of sp³-hybridized carbons (Fsp3) is 0.267. The van der Waals surface area contributed by atoms with Crippen LogP contribution in [0.4, 0.5) is 4.39 Å². The molecule has 1 unspecified atom stereocenters. The normalized spacial score (nSPS) is 12.2. The van der Waals surface area contributed by atoms with Gasteiger partial charge in [-0.05, 0) is 32.2 Å². The number of pyridine rings is 1. The average Bonchev–Trinajstić information content (AvgIpc) is 2.46. The topological polar surface area (TPSA) is 34.1 Å². The number of ether oxygens (including phenoxy) is 1. The maximum absolute atomic E-state index is 13.4. The van der Waals surface area contributed by atoms with Crippen LogP contribution in [0.1, 0.15) is 24.2 Å². The van der Waals surface area contributed by atoms with Gasteiger partial charge in [-0.3, -0.25) is 4.98 Å². The smallest absolute Gasteiger partial charge is 0.138 e. The summed E-state index contributed by atoms with van der Waals surface area (Å²) in [5, 5.41) is 3.11. The van der Waals surface area contributed by atoms with E-state index in [-0.39, 0.29) is 18.5 Å². The molecule has 0 aliphatic carbocycles. The summed E-state index contributed by atoms with van der Waals surface area (Å²) in [6, 6.07) is 10.5. The fourth-order valence-corrected chi connectivity index (χ4v) is 1.66. The van der Waals surface area contributed by atoms with E-state index in [4.69, 9.17) is 4.74 Å². The Balaban J connectivity index is 1.99. The third-order valence-electron chi connectivity index (χ3n) is 2.99. The summed E-state index contributed by atoms with van der Waals surface area (Å²) in [5.74, 6) is 0.381. The number of benzene rings is 1. The van der Waals surface area contributed by atoms with Crippen molar-refractivity contribution in [3.05, 3.63) is 59.7 Å². The Morgan fingerprint density at radius 1 is 1.26 bits per heavy atom. The molecular formula is C15H17FN2O. The molecule has 0 bridgehead atoms. The lowest BCUT2D eigenvalue weighted by molar-refractivity contribution is 0.298. The van der Waals surface area contributed by atoms with Gasteiger partial charge in [0.2, 0.25) is 0 Å². The van der Waals surface area contributed by atoms with Gasteiger partial charge in [-0.15, -0.1) is 0 Å². The first kappa shape index (κ1) is 13.5. The van der Waals surface area contributed by atoms with Gasteiger partial charge in [0.1, 0.15) is 18.2 Å². The van der Waals surface area contributed by atoms with Crippen LogP contribution < -0.4 is 10.1 Å². The van der Waals surface area contributed by atoms with Gasteiger partial charge in [-0.25, -0.2) is 4.39 Å². The van der Waals surface area contributed by atoms with E-state index in [1.165, 1.54) is 6.07 Å². The highest BCUT2D eigenvalue weighted by Crippen LogP contribution is 2.16. The molecule has 0 saturated carbocycles. The van der Waals surface area contributed by atoms with Crippen LogP contribution >= 0.6 is 0 Å². The summed E-state index contributed by atoms with van der Waals surface area (Å²) in [5.41, 5.74) is 1.48. The SMILES string of the molecule is CNC(C)c1ccc(OCc2ccccc2F)cn1. The van der Waals surface area contributed by atoms with Crippen LogP contribution in [0.15, 0.2) is 42.6 Å². The molecule has 3 nitrogen and oxygen atoms in total. The van der Waals surface area contributed by atoms with Gasteiger partial charge in [0, 0.05) is 11.6 Å². The molecule has 1 atom stereocenters.